The van der Waals surface area contributed by atoms with Gasteiger partial charge in [-0.2, -0.15) is 0 Å². The molecule has 2 heterocycles. The van der Waals surface area contributed by atoms with Crippen molar-refractivity contribution in [3.8, 4) is 0 Å². The van der Waals surface area contributed by atoms with Gasteiger partial charge in [-0.25, -0.2) is 0 Å². The van der Waals surface area contributed by atoms with Crippen LogP contribution in [0.2, 0.25) is 0 Å². The highest BCUT2D eigenvalue weighted by molar-refractivity contribution is 4.88. The van der Waals surface area contributed by atoms with Crippen LogP contribution in [0, 0.1) is 0 Å². The van der Waals surface area contributed by atoms with Gasteiger partial charge in [-0.15, -0.1) is 0 Å². The van der Waals surface area contributed by atoms with E-state index in [0.29, 0.717) is 6.04 Å². The summed E-state index contributed by atoms with van der Waals surface area (Å²) in [6.07, 6.45) is 5.62. The third-order valence-electron chi connectivity index (χ3n) is 3.04. The summed E-state index contributed by atoms with van der Waals surface area (Å²) in [7, 11) is 0. The standard InChI is InChI=1S/C11H20N2O/c1-2-3-4-12-5-7-13(8-6-12)11-9-14-10-11/h3-4,11H,2,5-10H2,1H3/b4-3-. The molecule has 14 heavy (non-hydrogen) atoms. The van der Waals surface area contributed by atoms with Crippen molar-refractivity contribution in [2.75, 3.05) is 39.4 Å². The van der Waals surface area contributed by atoms with E-state index >= 15 is 0 Å². The maximum absolute atomic E-state index is 5.21. The number of allylic oxidation sites excluding steroid dienone is 1. The van der Waals surface area contributed by atoms with E-state index in [-0.39, 0.29) is 0 Å². The number of hydrogen-bond donors (Lipinski definition) is 0. The zero-order valence-corrected chi connectivity index (χ0v) is 8.98. The zero-order valence-electron chi connectivity index (χ0n) is 8.98. The Hall–Kier alpha value is -0.540. The number of rotatable bonds is 3. The monoisotopic (exact) mass is 196 g/mol. The first-order valence-corrected chi connectivity index (χ1v) is 5.62. The molecular weight excluding hydrogens is 176 g/mol. The quantitative estimate of drug-likeness (QED) is 0.668. The minimum absolute atomic E-state index is 0.715. The first kappa shape index (κ1) is 9.99. The molecule has 2 rings (SSSR count). The van der Waals surface area contributed by atoms with Crippen LogP contribution in [0.3, 0.4) is 0 Å². The van der Waals surface area contributed by atoms with E-state index in [0.717, 1.165) is 19.6 Å². The van der Waals surface area contributed by atoms with Crippen molar-refractivity contribution in [2.24, 2.45) is 0 Å². The lowest BCUT2D eigenvalue weighted by atomic mass is 10.2. The predicted molar refractivity (Wildman–Crippen MR) is 57.2 cm³/mol. The van der Waals surface area contributed by atoms with Crippen LogP contribution < -0.4 is 0 Å². The Morgan fingerprint density at radius 2 is 1.93 bits per heavy atom. The van der Waals surface area contributed by atoms with Crippen LogP contribution in [0.25, 0.3) is 0 Å². The molecule has 0 atom stereocenters. The van der Waals surface area contributed by atoms with Crippen molar-refractivity contribution in [1.82, 2.24) is 9.80 Å². The van der Waals surface area contributed by atoms with Gasteiger partial charge in [-0.05, 0) is 12.6 Å². The molecule has 80 valence electrons. The molecule has 3 heteroatoms. The fourth-order valence-corrected chi connectivity index (χ4v) is 1.94. The van der Waals surface area contributed by atoms with E-state index in [1.165, 1.54) is 26.2 Å². The van der Waals surface area contributed by atoms with Gasteiger partial charge in [-0.1, -0.05) is 13.0 Å². The van der Waals surface area contributed by atoms with Crippen LogP contribution in [-0.4, -0.2) is 55.2 Å². The maximum atomic E-state index is 5.21. The highest BCUT2D eigenvalue weighted by Crippen LogP contribution is 2.13. The van der Waals surface area contributed by atoms with Crippen LogP contribution >= 0.6 is 0 Å². The molecule has 3 nitrogen and oxygen atoms in total. The van der Waals surface area contributed by atoms with Crippen molar-refractivity contribution >= 4 is 0 Å². The van der Waals surface area contributed by atoms with Crippen LogP contribution in [0.5, 0.6) is 0 Å². The molecule has 2 fully saturated rings. The molecule has 0 N–H and O–H groups in total. The number of nitrogens with zero attached hydrogens (tertiary/aromatic N) is 2. The number of hydrogen-bond acceptors (Lipinski definition) is 3. The highest BCUT2D eigenvalue weighted by atomic mass is 16.5. The van der Waals surface area contributed by atoms with Crippen LogP contribution in [0.4, 0.5) is 0 Å². The van der Waals surface area contributed by atoms with Crippen molar-refractivity contribution in [2.45, 2.75) is 19.4 Å². The minimum atomic E-state index is 0.715. The van der Waals surface area contributed by atoms with E-state index in [1.807, 2.05) is 0 Å². The third-order valence-corrected chi connectivity index (χ3v) is 3.04. The molecule has 0 spiro atoms. The topological polar surface area (TPSA) is 15.7 Å². The van der Waals surface area contributed by atoms with Crippen LogP contribution in [-0.2, 0) is 4.74 Å². The molecule has 2 aliphatic heterocycles. The van der Waals surface area contributed by atoms with Gasteiger partial charge in [0.15, 0.2) is 0 Å². The Morgan fingerprint density at radius 1 is 1.21 bits per heavy atom. The average molecular weight is 196 g/mol. The lowest BCUT2D eigenvalue weighted by Crippen LogP contribution is -2.55. The smallest absolute Gasteiger partial charge is 0.0645 e. The summed E-state index contributed by atoms with van der Waals surface area (Å²) < 4.78 is 5.21. The van der Waals surface area contributed by atoms with Gasteiger partial charge in [0.2, 0.25) is 0 Å². The van der Waals surface area contributed by atoms with Gasteiger partial charge in [0.25, 0.3) is 0 Å². The fourth-order valence-electron chi connectivity index (χ4n) is 1.94. The first-order chi connectivity index (χ1) is 6.90. The van der Waals surface area contributed by atoms with Crippen molar-refractivity contribution < 1.29 is 4.74 Å². The second-order valence-electron chi connectivity index (χ2n) is 4.06. The van der Waals surface area contributed by atoms with Gasteiger partial charge >= 0.3 is 0 Å². The predicted octanol–water partition coefficient (Wildman–Crippen LogP) is 0.927. The highest BCUT2D eigenvalue weighted by Gasteiger charge is 2.27. The second-order valence-corrected chi connectivity index (χ2v) is 4.06. The lowest BCUT2D eigenvalue weighted by Gasteiger charge is -2.42. The van der Waals surface area contributed by atoms with E-state index in [4.69, 9.17) is 4.74 Å². The van der Waals surface area contributed by atoms with Gasteiger partial charge in [0.1, 0.15) is 0 Å². The molecular formula is C11H20N2O. The molecule has 0 aromatic heterocycles. The molecule has 0 aliphatic carbocycles. The van der Waals surface area contributed by atoms with E-state index in [9.17, 15) is 0 Å². The Balaban J connectivity index is 1.71. The van der Waals surface area contributed by atoms with Crippen molar-refractivity contribution in [3.63, 3.8) is 0 Å². The first-order valence-electron chi connectivity index (χ1n) is 5.62. The SMILES string of the molecule is CC/C=C\N1CCN(C2COC2)CC1. The lowest BCUT2D eigenvalue weighted by molar-refractivity contribution is -0.0740. The fraction of sp³-hybridized carbons (Fsp3) is 0.818. The largest absolute Gasteiger partial charge is 0.378 e. The molecule has 0 radical (unpaired) electrons. The zero-order chi connectivity index (χ0) is 9.80. The van der Waals surface area contributed by atoms with Crippen LogP contribution in [0.15, 0.2) is 12.3 Å². The molecule has 0 saturated carbocycles. The minimum Gasteiger partial charge on any atom is -0.378 e. The van der Waals surface area contributed by atoms with Gasteiger partial charge in [-0.3, -0.25) is 4.90 Å². The third kappa shape index (κ3) is 2.28. The molecule has 0 aromatic rings. The van der Waals surface area contributed by atoms with Crippen molar-refractivity contribution in [1.29, 1.82) is 0 Å². The normalized spacial score (nSPS) is 25.6. The molecule has 2 aliphatic rings. The summed E-state index contributed by atoms with van der Waals surface area (Å²) in [4.78, 5) is 4.97. The van der Waals surface area contributed by atoms with E-state index < -0.39 is 0 Å². The van der Waals surface area contributed by atoms with E-state index in [2.05, 4.69) is 29.0 Å². The van der Waals surface area contributed by atoms with Crippen LogP contribution in [0.1, 0.15) is 13.3 Å². The Bertz CT molecular complexity index is 193. The van der Waals surface area contributed by atoms with Gasteiger partial charge in [0.05, 0.1) is 19.3 Å². The summed E-state index contributed by atoms with van der Waals surface area (Å²) in [6.45, 7) is 8.82. The molecule has 0 aromatic carbocycles. The van der Waals surface area contributed by atoms with Gasteiger partial charge in [0, 0.05) is 26.2 Å². The number of piperazine rings is 1. The Labute approximate surface area is 86.3 Å². The summed E-state index contributed by atoms with van der Waals surface area (Å²) >= 11 is 0. The average Bonchev–Trinajstić information content (AvgIpc) is 2.14. The van der Waals surface area contributed by atoms with E-state index in [1.54, 1.807) is 0 Å². The summed E-state index contributed by atoms with van der Waals surface area (Å²) in [6, 6.07) is 0.715. The maximum Gasteiger partial charge on any atom is 0.0645 e. The summed E-state index contributed by atoms with van der Waals surface area (Å²) in [5, 5.41) is 0. The number of ether oxygens (including phenoxy) is 1. The molecule has 0 bridgehead atoms. The molecule has 0 amide bonds. The Morgan fingerprint density at radius 3 is 2.43 bits per heavy atom. The van der Waals surface area contributed by atoms with Gasteiger partial charge < -0.3 is 9.64 Å². The van der Waals surface area contributed by atoms with Crippen molar-refractivity contribution in [3.05, 3.63) is 12.3 Å². The molecule has 0 unspecified atom stereocenters. The summed E-state index contributed by atoms with van der Waals surface area (Å²) in [5.41, 5.74) is 0. The second kappa shape index (κ2) is 4.80. The molecule has 2 saturated heterocycles. The Kier molecular flexibility index (Phi) is 3.43. The summed E-state index contributed by atoms with van der Waals surface area (Å²) in [5.74, 6) is 0.